The zero-order chi connectivity index (χ0) is 12.5. The van der Waals surface area contributed by atoms with Crippen molar-refractivity contribution in [2.24, 2.45) is 0 Å². The van der Waals surface area contributed by atoms with Crippen molar-refractivity contribution < 1.29 is 14.6 Å². The van der Waals surface area contributed by atoms with E-state index in [0.717, 1.165) is 11.3 Å². The average molecular weight is 247 g/mol. The Morgan fingerprint density at radius 1 is 1.28 bits per heavy atom. The van der Waals surface area contributed by atoms with Gasteiger partial charge in [0.05, 0.1) is 6.10 Å². The third-order valence-electron chi connectivity index (χ3n) is 3.70. The number of nitrogens with zero attached hydrogens (tertiary/aromatic N) is 1. The molecular formula is C14H17NO3. The van der Waals surface area contributed by atoms with E-state index in [0.29, 0.717) is 32.4 Å². The minimum Gasteiger partial charge on any atom is -0.480 e. The molecule has 0 aromatic heterocycles. The number of rotatable bonds is 1. The van der Waals surface area contributed by atoms with E-state index in [2.05, 4.69) is 0 Å². The molecule has 2 aliphatic rings. The van der Waals surface area contributed by atoms with Gasteiger partial charge in [0, 0.05) is 19.5 Å². The van der Waals surface area contributed by atoms with Gasteiger partial charge < -0.3 is 14.7 Å². The van der Waals surface area contributed by atoms with Gasteiger partial charge in [0.25, 0.3) is 5.91 Å². The molecule has 0 spiro atoms. The fourth-order valence-electron chi connectivity index (χ4n) is 2.61. The van der Waals surface area contributed by atoms with Crippen molar-refractivity contribution in [1.82, 2.24) is 4.90 Å². The molecule has 1 aromatic rings. The van der Waals surface area contributed by atoms with Gasteiger partial charge in [0.2, 0.25) is 0 Å². The van der Waals surface area contributed by atoms with Crippen LogP contribution in [0.3, 0.4) is 0 Å². The Labute approximate surface area is 106 Å². The third-order valence-corrected chi connectivity index (χ3v) is 3.70. The van der Waals surface area contributed by atoms with Crippen LogP contribution < -0.4 is 4.74 Å². The molecule has 2 heterocycles. The van der Waals surface area contributed by atoms with Crippen LogP contribution in [-0.4, -0.2) is 41.2 Å². The molecule has 1 unspecified atom stereocenters. The lowest BCUT2D eigenvalue weighted by molar-refractivity contribution is -0.139. The molecular weight excluding hydrogens is 230 g/mol. The molecule has 1 N–H and O–H groups in total. The minimum absolute atomic E-state index is 0.0538. The Hall–Kier alpha value is -1.55. The van der Waals surface area contributed by atoms with Gasteiger partial charge in [-0.25, -0.2) is 0 Å². The van der Waals surface area contributed by atoms with Gasteiger partial charge in [0.1, 0.15) is 5.75 Å². The Morgan fingerprint density at radius 2 is 2.00 bits per heavy atom. The average Bonchev–Trinajstić information content (AvgIpc) is 2.82. The second kappa shape index (κ2) is 4.61. The van der Waals surface area contributed by atoms with Gasteiger partial charge in [0.15, 0.2) is 6.10 Å². The first-order valence-corrected chi connectivity index (χ1v) is 6.45. The maximum Gasteiger partial charge on any atom is 0.263 e. The van der Waals surface area contributed by atoms with Crippen molar-refractivity contribution in [3.05, 3.63) is 29.8 Å². The van der Waals surface area contributed by atoms with Crippen molar-refractivity contribution in [2.45, 2.75) is 31.5 Å². The zero-order valence-electron chi connectivity index (χ0n) is 10.2. The highest BCUT2D eigenvalue weighted by molar-refractivity contribution is 5.82. The van der Waals surface area contributed by atoms with Gasteiger partial charge in [-0.1, -0.05) is 18.2 Å². The van der Waals surface area contributed by atoms with E-state index in [1.165, 1.54) is 0 Å². The summed E-state index contributed by atoms with van der Waals surface area (Å²) in [7, 11) is 0. The Morgan fingerprint density at radius 3 is 2.72 bits per heavy atom. The molecule has 1 atom stereocenters. The first-order valence-electron chi connectivity index (χ1n) is 6.45. The predicted molar refractivity (Wildman–Crippen MR) is 66.4 cm³/mol. The molecule has 4 nitrogen and oxygen atoms in total. The van der Waals surface area contributed by atoms with Gasteiger partial charge >= 0.3 is 0 Å². The SMILES string of the molecule is O=C(C1Cc2ccccc2O1)N1CCC(O)CC1. The number of piperidine rings is 1. The number of carbonyl (C=O) groups is 1. The Kier molecular flexibility index (Phi) is 2.96. The van der Waals surface area contributed by atoms with Crippen molar-refractivity contribution in [2.75, 3.05) is 13.1 Å². The van der Waals surface area contributed by atoms with Crippen LogP contribution in [0, 0.1) is 0 Å². The Balaban J connectivity index is 1.65. The Bertz CT molecular complexity index is 427. The number of benzene rings is 1. The summed E-state index contributed by atoms with van der Waals surface area (Å²) < 4.78 is 5.70. The number of amides is 1. The van der Waals surface area contributed by atoms with Crippen LogP contribution in [0.15, 0.2) is 24.3 Å². The minimum atomic E-state index is -0.377. The summed E-state index contributed by atoms with van der Waals surface area (Å²) in [4.78, 5) is 14.1. The predicted octanol–water partition coefficient (Wildman–Crippen LogP) is 0.973. The molecule has 0 saturated carbocycles. The normalized spacial score (nSPS) is 23.6. The summed E-state index contributed by atoms with van der Waals surface area (Å²) in [6.07, 6.45) is 1.37. The maximum absolute atomic E-state index is 12.3. The molecule has 0 aliphatic carbocycles. The number of likely N-dealkylation sites (tertiary alicyclic amines) is 1. The van der Waals surface area contributed by atoms with E-state index in [1.807, 2.05) is 29.2 Å². The summed E-state index contributed by atoms with van der Waals surface area (Å²) in [5.41, 5.74) is 1.10. The molecule has 1 aromatic carbocycles. The zero-order valence-corrected chi connectivity index (χ0v) is 10.2. The molecule has 2 aliphatic heterocycles. The summed E-state index contributed by atoms with van der Waals surface area (Å²) >= 11 is 0. The summed E-state index contributed by atoms with van der Waals surface area (Å²) in [6.45, 7) is 1.27. The number of fused-ring (bicyclic) bond motifs is 1. The number of ether oxygens (including phenoxy) is 1. The maximum atomic E-state index is 12.3. The summed E-state index contributed by atoms with van der Waals surface area (Å²) in [6, 6.07) is 7.79. The van der Waals surface area contributed by atoms with E-state index in [1.54, 1.807) is 0 Å². The monoisotopic (exact) mass is 247 g/mol. The number of hydrogen-bond donors (Lipinski definition) is 1. The fourth-order valence-corrected chi connectivity index (χ4v) is 2.61. The highest BCUT2D eigenvalue weighted by Crippen LogP contribution is 2.29. The van der Waals surface area contributed by atoms with E-state index in [4.69, 9.17) is 4.74 Å². The van der Waals surface area contributed by atoms with Crippen molar-refractivity contribution in [3.63, 3.8) is 0 Å². The van der Waals surface area contributed by atoms with Crippen molar-refractivity contribution in [3.8, 4) is 5.75 Å². The first-order chi connectivity index (χ1) is 8.74. The van der Waals surface area contributed by atoms with Crippen molar-refractivity contribution >= 4 is 5.91 Å². The number of carbonyl (C=O) groups excluding carboxylic acids is 1. The largest absolute Gasteiger partial charge is 0.480 e. The standard InChI is InChI=1S/C14H17NO3/c16-11-5-7-15(8-6-11)14(17)13-9-10-3-1-2-4-12(10)18-13/h1-4,11,13,16H,5-9H2. The van der Waals surface area contributed by atoms with Crippen LogP contribution in [0.1, 0.15) is 18.4 Å². The fraction of sp³-hybridized carbons (Fsp3) is 0.500. The molecule has 1 fully saturated rings. The number of para-hydroxylation sites is 1. The van der Waals surface area contributed by atoms with Crippen LogP contribution >= 0.6 is 0 Å². The van der Waals surface area contributed by atoms with Crippen LogP contribution in [0.2, 0.25) is 0 Å². The molecule has 1 amide bonds. The number of aliphatic hydroxyl groups is 1. The molecule has 1 saturated heterocycles. The van der Waals surface area contributed by atoms with Crippen LogP contribution in [0.5, 0.6) is 5.75 Å². The summed E-state index contributed by atoms with van der Waals surface area (Å²) in [5, 5.41) is 9.45. The quantitative estimate of drug-likeness (QED) is 0.804. The van der Waals surface area contributed by atoms with Gasteiger partial charge in [-0.2, -0.15) is 0 Å². The molecule has 3 rings (SSSR count). The van der Waals surface area contributed by atoms with Gasteiger partial charge in [-0.3, -0.25) is 4.79 Å². The van der Waals surface area contributed by atoms with Crippen LogP contribution in [-0.2, 0) is 11.2 Å². The lowest BCUT2D eigenvalue weighted by Crippen LogP contribution is -2.46. The van der Waals surface area contributed by atoms with Gasteiger partial charge in [-0.15, -0.1) is 0 Å². The second-order valence-electron chi connectivity index (χ2n) is 4.97. The molecule has 96 valence electrons. The van der Waals surface area contributed by atoms with Crippen LogP contribution in [0.25, 0.3) is 0 Å². The lowest BCUT2D eigenvalue weighted by atomic mass is 10.1. The first kappa shape index (κ1) is 11.5. The van der Waals surface area contributed by atoms with E-state index < -0.39 is 0 Å². The molecule has 18 heavy (non-hydrogen) atoms. The van der Waals surface area contributed by atoms with E-state index in [9.17, 15) is 9.90 Å². The highest BCUT2D eigenvalue weighted by atomic mass is 16.5. The third kappa shape index (κ3) is 2.08. The van der Waals surface area contributed by atoms with Crippen molar-refractivity contribution in [1.29, 1.82) is 0 Å². The second-order valence-corrected chi connectivity index (χ2v) is 4.97. The van der Waals surface area contributed by atoms with E-state index in [-0.39, 0.29) is 18.1 Å². The molecule has 0 bridgehead atoms. The topological polar surface area (TPSA) is 49.8 Å². The summed E-state index contributed by atoms with van der Waals surface area (Å²) in [5.74, 6) is 0.881. The van der Waals surface area contributed by atoms with Crippen LogP contribution in [0.4, 0.5) is 0 Å². The highest BCUT2D eigenvalue weighted by Gasteiger charge is 2.33. The van der Waals surface area contributed by atoms with E-state index >= 15 is 0 Å². The smallest absolute Gasteiger partial charge is 0.263 e. The van der Waals surface area contributed by atoms with Gasteiger partial charge in [-0.05, 0) is 24.5 Å². The molecule has 4 heteroatoms. The number of aliphatic hydroxyl groups excluding tert-OH is 1. The number of hydrogen-bond acceptors (Lipinski definition) is 3. The molecule has 0 radical (unpaired) electrons. The lowest BCUT2D eigenvalue weighted by Gasteiger charge is -2.31.